The topological polar surface area (TPSA) is 50.8 Å². The van der Waals surface area contributed by atoms with E-state index in [-0.39, 0.29) is 11.9 Å². The number of nitrogens with zero attached hydrogens (tertiary/aromatic N) is 1. The van der Waals surface area contributed by atoms with Crippen molar-refractivity contribution in [1.82, 2.24) is 10.2 Å². The van der Waals surface area contributed by atoms with Crippen LogP contribution < -0.4 is 14.8 Å². The molecule has 27 heavy (non-hydrogen) atoms. The molecular formula is C21H25FN2O3. The minimum Gasteiger partial charge on any atom is -0.493 e. The molecule has 6 heteroatoms. The highest BCUT2D eigenvalue weighted by Crippen LogP contribution is 2.37. The molecule has 0 aliphatic carbocycles. The second-order valence-electron chi connectivity index (χ2n) is 6.52. The maximum absolute atomic E-state index is 13.4. The van der Waals surface area contributed by atoms with Crippen molar-refractivity contribution in [2.24, 2.45) is 0 Å². The van der Waals surface area contributed by atoms with Crippen LogP contribution in [0.2, 0.25) is 0 Å². The molecular weight excluding hydrogens is 347 g/mol. The van der Waals surface area contributed by atoms with Gasteiger partial charge in [0.2, 0.25) is 0 Å². The molecule has 1 amide bonds. The van der Waals surface area contributed by atoms with Crippen molar-refractivity contribution in [2.45, 2.75) is 19.4 Å². The normalized spacial score (nSPS) is 16.5. The van der Waals surface area contributed by atoms with Crippen LogP contribution in [-0.2, 0) is 6.42 Å². The van der Waals surface area contributed by atoms with E-state index in [2.05, 4.69) is 17.1 Å². The molecule has 1 unspecified atom stereocenters. The molecule has 0 fully saturated rings. The summed E-state index contributed by atoms with van der Waals surface area (Å²) in [5.41, 5.74) is 2.64. The number of likely N-dealkylation sites (N-methyl/N-ethyl adjacent to an activating group) is 1. The monoisotopic (exact) mass is 372 g/mol. The van der Waals surface area contributed by atoms with E-state index in [0.717, 1.165) is 25.1 Å². The summed E-state index contributed by atoms with van der Waals surface area (Å²) < 4.78 is 24.2. The Morgan fingerprint density at radius 1 is 1.22 bits per heavy atom. The van der Waals surface area contributed by atoms with Crippen LogP contribution in [0.5, 0.6) is 11.5 Å². The van der Waals surface area contributed by atoms with Gasteiger partial charge in [0.15, 0.2) is 11.5 Å². The molecule has 5 nitrogen and oxygen atoms in total. The van der Waals surface area contributed by atoms with Gasteiger partial charge in [-0.1, -0.05) is 13.0 Å². The van der Waals surface area contributed by atoms with E-state index >= 15 is 0 Å². The van der Waals surface area contributed by atoms with Crippen LogP contribution in [0, 0.1) is 5.82 Å². The summed E-state index contributed by atoms with van der Waals surface area (Å²) in [4.78, 5) is 14.7. The fourth-order valence-electron chi connectivity index (χ4n) is 3.62. The summed E-state index contributed by atoms with van der Waals surface area (Å²) in [5, 5.41) is 2.95. The molecule has 144 valence electrons. The molecule has 0 radical (unpaired) electrons. The Labute approximate surface area is 159 Å². The van der Waals surface area contributed by atoms with E-state index in [0.29, 0.717) is 23.6 Å². The number of amides is 1. The lowest BCUT2D eigenvalue weighted by Crippen LogP contribution is -2.42. The van der Waals surface area contributed by atoms with Crippen molar-refractivity contribution in [1.29, 1.82) is 0 Å². The fourth-order valence-corrected chi connectivity index (χ4v) is 3.62. The summed E-state index contributed by atoms with van der Waals surface area (Å²) in [6, 6.07) is 9.75. The van der Waals surface area contributed by atoms with Gasteiger partial charge < -0.3 is 14.8 Å². The average Bonchev–Trinajstić information content (AvgIpc) is 2.70. The first-order valence-electron chi connectivity index (χ1n) is 9.10. The van der Waals surface area contributed by atoms with Crippen molar-refractivity contribution in [3.63, 3.8) is 0 Å². The Morgan fingerprint density at radius 3 is 2.63 bits per heavy atom. The van der Waals surface area contributed by atoms with Gasteiger partial charge in [-0.3, -0.25) is 9.69 Å². The van der Waals surface area contributed by atoms with Gasteiger partial charge >= 0.3 is 0 Å². The van der Waals surface area contributed by atoms with E-state index in [1.165, 1.54) is 23.8 Å². The largest absolute Gasteiger partial charge is 0.493 e. The number of ether oxygens (including phenoxy) is 2. The second kappa shape index (κ2) is 8.39. The number of rotatable bonds is 6. The fraction of sp³-hybridized carbons (Fsp3) is 0.381. The zero-order valence-corrected chi connectivity index (χ0v) is 15.9. The van der Waals surface area contributed by atoms with E-state index in [1.807, 2.05) is 12.1 Å². The van der Waals surface area contributed by atoms with Gasteiger partial charge in [0.05, 0.1) is 20.3 Å². The molecule has 1 aliphatic rings. The van der Waals surface area contributed by atoms with Crippen LogP contribution >= 0.6 is 0 Å². The van der Waals surface area contributed by atoms with Crippen molar-refractivity contribution in [3.8, 4) is 11.5 Å². The van der Waals surface area contributed by atoms with Gasteiger partial charge in [0.25, 0.3) is 5.91 Å². The molecule has 0 saturated carbocycles. The number of nitrogens with one attached hydrogen (secondary N) is 1. The Balaban J connectivity index is 1.84. The number of carbonyl (C=O) groups is 1. The average molecular weight is 372 g/mol. The lowest BCUT2D eigenvalue weighted by molar-refractivity contribution is 0.0930. The summed E-state index contributed by atoms with van der Waals surface area (Å²) in [6.07, 6.45) is 0.915. The zero-order chi connectivity index (χ0) is 19.4. The third kappa shape index (κ3) is 4.06. The van der Waals surface area contributed by atoms with Crippen LogP contribution in [0.3, 0.4) is 0 Å². The van der Waals surface area contributed by atoms with Crippen molar-refractivity contribution < 1.29 is 18.7 Å². The highest BCUT2D eigenvalue weighted by Gasteiger charge is 2.28. The quantitative estimate of drug-likeness (QED) is 0.846. The van der Waals surface area contributed by atoms with E-state index < -0.39 is 5.82 Å². The van der Waals surface area contributed by atoms with Crippen LogP contribution in [-0.4, -0.2) is 44.7 Å². The number of hydrogen-bond donors (Lipinski definition) is 1. The van der Waals surface area contributed by atoms with E-state index in [4.69, 9.17) is 9.47 Å². The predicted molar refractivity (Wildman–Crippen MR) is 102 cm³/mol. The Morgan fingerprint density at radius 2 is 1.96 bits per heavy atom. The Bertz CT molecular complexity index is 825. The molecule has 2 aromatic rings. The number of benzene rings is 2. The molecule has 2 aromatic carbocycles. The first-order valence-corrected chi connectivity index (χ1v) is 9.10. The highest BCUT2D eigenvalue weighted by molar-refractivity contribution is 5.94. The van der Waals surface area contributed by atoms with Gasteiger partial charge in [0, 0.05) is 18.7 Å². The minimum absolute atomic E-state index is 0.0241. The maximum atomic E-state index is 13.4. The minimum atomic E-state index is -0.419. The second-order valence-corrected chi connectivity index (χ2v) is 6.52. The van der Waals surface area contributed by atoms with Crippen LogP contribution in [0.4, 0.5) is 4.39 Å². The third-order valence-corrected chi connectivity index (χ3v) is 5.06. The summed E-state index contributed by atoms with van der Waals surface area (Å²) in [7, 11) is 3.24. The van der Waals surface area contributed by atoms with E-state index in [9.17, 15) is 9.18 Å². The SMILES string of the molecule is CCN1CCc2cc(OC)c(OC)cc2C1CNC(=O)c1cccc(F)c1. The van der Waals surface area contributed by atoms with Gasteiger partial charge in [-0.2, -0.15) is 0 Å². The zero-order valence-electron chi connectivity index (χ0n) is 15.9. The number of carbonyl (C=O) groups excluding carboxylic acids is 1. The number of halogens is 1. The standard InChI is InChI=1S/C21H25FN2O3/c1-4-24-9-8-14-11-19(26-2)20(27-3)12-17(14)18(24)13-23-21(25)15-6-5-7-16(22)10-15/h5-7,10-12,18H,4,8-9,13H2,1-3H3,(H,23,25). The number of methoxy groups -OCH3 is 2. The molecule has 0 saturated heterocycles. The van der Waals surface area contributed by atoms with E-state index in [1.54, 1.807) is 20.3 Å². The number of fused-ring (bicyclic) bond motifs is 1. The highest BCUT2D eigenvalue weighted by atomic mass is 19.1. The summed E-state index contributed by atoms with van der Waals surface area (Å²) in [5.74, 6) is 0.690. The first kappa shape index (κ1) is 19.2. The third-order valence-electron chi connectivity index (χ3n) is 5.06. The smallest absolute Gasteiger partial charge is 0.251 e. The molecule has 0 aromatic heterocycles. The summed E-state index contributed by atoms with van der Waals surface area (Å²) in [6.45, 7) is 4.31. The Hall–Kier alpha value is -2.60. The van der Waals surface area contributed by atoms with Crippen LogP contribution in [0.15, 0.2) is 36.4 Å². The molecule has 1 N–H and O–H groups in total. The van der Waals surface area contributed by atoms with Gasteiger partial charge in [0.1, 0.15) is 5.82 Å². The Kier molecular flexibility index (Phi) is 5.96. The molecule has 1 aliphatic heterocycles. The maximum Gasteiger partial charge on any atom is 0.251 e. The molecule has 0 spiro atoms. The van der Waals surface area contributed by atoms with Gasteiger partial charge in [-0.25, -0.2) is 4.39 Å². The van der Waals surface area contributed by atoms with Crippen molar-refractivity contribution in [2.75, 3.05) is 33.9 Å². The molecule has 0 bridgehead atoms. The number of hydrogen-bond acceptors (Lipinski definition) is 4. The van der Waals surface area contributed by atoms with Crippen molar-refractivity contribution in [3.05, 3.63) is 58.9 Å². The van der Waals surface area contributed by atoms with Crippen LogP contribution in [0.25, 0.3) is 0 Å². The molecule has 1 heterocycles. The summed E-state index contributed by atoms with van der Waals surface area (Å²) >= 11 is 0. The molecule has 1 atom stereocenters. The molecule has 3 rings (SSSR count). The van der Waals surface area contributed by atoms with Crippen LogP contribution in [0.1, 0.15) is 34.5 Å². The lowest BCUT2D eigenvalue weighted by Gasteiger charge is -2.37. The van der Waals surface area contributed by atoms with Crippen molar-refractivity contribution >= 4 is 5.91 Å². The van der Waals surface area contributed by atoms with Gasteiger partial charge in [-0.15, -0.1) is 0 Å². The van der Waals surface area contributed by atoms with Gasteiger partial charge in [-0.05, 0) is 54.4 Å². The predicted octanol–water partition coefficient (Wildman–Crippen LogP) is 3.19. The first-order chi connectivity index (χ1) is 13.1. The lowest BCUT2D eigenvalue weighted by atomic mass is 9.91.